The van der Waals surface area contributed by atoms with Gasteiger partial charge in [-0.25, -0.2) is 9.97 Å². The SMILES string of the molecule is CO[C@H]1CN(C(=O)c2cncnc2C)C[C@H]1CC(N)=O. The van der Waals surface area contributed by atoms with Gasteiger partial charge in [0, 0.05) is 38.7 Å². The minimum Gasteiger partial charge on any atom is -0.379 e. The molecule has 1 aliphatic heterocycles. The second-order valence-corrected chi connectivity index (χ2v) is 4.94. The highest BCUT2D eigenvalue weighted by molar-refractivity contribution is 5.95. The molecule has 2 atom stereocenters. The third kappa shape index (κ3) is 2.93. The zero-order valence-corrected chi connectivity index (χ0v) is 11.6. The van der Waals surface area contributed by atoms with Crippen LogP contribution in [0.2, 0.25) is 0 Å². The highest BCUT2D eigenvalue weighted by Gasteiger charge is 2.36. The number of nitrogens with zero attached hydrogens (tertiary/aromatic N) is 3. The van der Waals surface area contributed by atoms with E-state index in [-0.39, 0.29) is 30.3 Å². The van der Waals surface area contributed by atoms with E-state index in [1.165, 1.54) is 12.5 Å². The largest absolute Gasteiger partial charge is 0.379 e. The molecule has 7 heteroatoms. The van der Waals surface area contributed by atoms with Gasteiger partial charge >= 0.3 is 0 Å². The fourth-order valence-corrected chi connectivity index (χ4v) is 2.50. The van der Waals surface area contributed by atoms with Crippen molar-refractivity contribution >= 4 is 11.8 Å². The van der Waals surface area contributed by atoms with Crippen LogP contribution >= 0.6 is 0 Å². The monoisotopic (exact) mass is 278 g/mol. The first-order valence-electron chi connectivity index (χ1n) is 6.40. The van der Waals surface area contributed by atoms with Crippen LogP contribution in [0.3, 0.4) is 0 Å². The van der Waals surface area contributed by atoms with Crippen LogP contribution < -0.4 is 5.73 Å². The van der Waals surface area contributed by atoms with Gasteiger partial charge in [-0.15, -0.1) is 0 Å². The summed E-state index contributed by atoms with van der Waals surface area (Å²) in [7, 11) is 1.57. The Balaban J connectivity index is 2.13. The van der Waals surface area contributed by atoms with E-state index >= 15 is 0 Å². The maximum Gasteiger partial charge on any atom is 0.257 e. The Kier molecular flexibility index (Phi) is 4.29. The van der Waals surface area contributed by atoms with Crippen LogP contribution in [-0.4, -0.2) is 53.0 Å². The topological polar surface area (TPSA) is 98.4 Å². The fraction of sp³-hybridized carbons (Fsp3) is 0.538. The summed E-state index contributed by atoms with van der Waals surface area (Å²) in [4.78, 5) is 33.1. The average molecular weight is 278 g/mol. The van der Waals surface area contributed by atoms with E-state index in [2.05, 4.69) is 9.97 Å². The van der Waals surface area contributed by atoms with E-state index in [0.717, 1.165) is 0 Å². The van der Waals surface area contributed by atoms with Crippen molar-refractivity contribution in [3.63, 3.8) is 0 Å². The molecule has 0 bridgehead atoms. The number of carbonyl (C=O) groups is 2. The van der Waals surface area contributed by atoms with Gasteiger partial charge in [-0.3, -0.25) is 9.59 Å². The summed E-state index contributed by atoms with van der Waals surface area (Å²) in [6.45, 7) is 2.66. The van der Waals surface area contributed by atoms with Gasteiger partial charge in [-0.1, -0.05) is 0 Å². The van der Waals surface area contributed by atoms with E-state index < -0.39 is 0 Å². The van der Waals surface area contributed by atoms with Gasteiger partial charge in [-0.2, -0.15) is 0 Å². The first-order chi connectivity index (χ1) is 9.52. The number of aryl methyl sites for hydroxylation is 1. The van der Waals surface area contributed by atoms with Crippen molar-refractivity contribution in [3.8, 4) is 0 Å². The molecule has 2 heterocycles. The van der Waals surface area contributed by atoms with Crippen molar-refractivity contribution < 1.29 is 14.3 Å². The third-order valence-corrected chi connectivity index (χ3v) is 3.58. The lowest BCUT2D eigenvalue weighted by Gasteiger charge is -2.16. The number of hydrogen-bond donors (Lipinski definition) is 1. The lowest BCUT2D eigenvalue weighted by molar-refractivity contribution is -0.119. The number of methoxy groups -OCH3 is 1. The van der Waals surface area contributed by atoms with Crippen LogP contribution in [0.5, 0.6) is 0 Å². The Bertz CT molecular complexity index is 520. The predicted molar refractivity (Wildman–Crippen MR) is 70.8 cm³/mol. The fourth-order valence-electron chi connectivity index (χ4n) is 2.50. The van der Waals surface area contributed by atoms with Gasteiger partial charge in [0.2, 0.25) is 5.91 Å². The molecule has 2 N–H and O–H groups in total. The molecule has 108 valence electrons. The Morgan fingerprint density at radius 1 is 1.50 bits per heavy atom. The molecule has 0 aromatic carbocycles. The molecule has 1 aromatic heterocycles. The average Bonchev–Trinajstić information content (AvgIpc) is 2.80. The number of primary amides is 1. The second-order valence-electron chi connectivity index (χ2n) is 4.94. The Morgan fingerprint density at radius 3 is 2.85 bits per heavy atom. The summed E-state index contributed by atoms with van der Waals surface area (Å²) in [6.07, 6.45) is 2.96. The molecule has 0 spiro atoms. The molecule has 1 saturated heterocycles. The molecule has 2 rings (SSSR count). The number of rotatable bonds is 4. The Hall–Kier alpha value is -2.02. The van der Waals surface area contributed by atoms with Gasteiger partial charge in [0.05, 0.1) is 17.4 Å². The molecule has 0 aliphatic carbocycles. The minimum absolute atomic E-state index is 0.0635. The molecule has 7 nitrogen and oxygen atoms in total. The summed E-state index contributed by atoms with van der Waals surface area (Å²) >= 11 is 0. The molecule has 0 radical (unpaired) electrons. The molecular formula is C13H18N4O3. The normalized spacial score (nSPS) is 22.0. The number of aromatic nitrogens is 2. The second kappa shape index (κ2) is 5.96. The van der Waals surface area contributed by atoms with E-state index in [1.807, 2.05) is 0 Å². The van der Waals surface area contributed by atoms with Crippen molar-refractivity contribution in [2.24, 2.45) is 11.7 Å². The lowest BCUT2D eigenvalue weighted by atomic mass is 10.0. The van der Waals surface area contributed by atoms with Gasteiger partial charge < -0.3 is 15.4 Å². The first kappa shape index (κ1) is 14.4. The summed E-state index contributed by atoms with van der Waals surface area (Å²) in [5.41, 5.74) is 6.34. The summed E-state index contributed by atoms with van der Waals surface area (Å²) in [6, 6.07) is 0. The van der Waals surface area contributed by atoms with Crippen LogP contribution in [0.15, 0.2) is 12.5 Å². The molecular weight excluding hydrogens is 260 g/mol. The molecule has 0 saturated carbocycles. The van der Waals surface area contributed by atoms with Gasteiger partial charge in [0.1, 0.15) is 6.33 Å². The van der Waals surface area contributed by atoms with E-state index in [1.54, 1.807) is 18.9 Å². The zero-order valence-electron chi connectivity index (χ0n) is 11.6. The van der Waals surface area contributed by atoms with E-state index in [0.29, 0.717) is 24.3 Å². The van der Waals surface area contributed by atoms with E-state index in [4.69, 9.17) is 10.5 Å². The van der Waals surface area contributed by atoms with Crippen molar-refractivity contribution in [2.75, 3.05) is 20.2 Å². The number of carbonyl (C=O) groups excluding carboxylic acids is 2. The van der Waals surface area contributed by atoms with Crippen LogP contribution in [0.1, 0.15) is 22.5 Å². The number of nitrogens with two attached hydrogens (primary N) is 1. The maximum absolute atomic E-state index is 12.4. The zero-order chi connectivity index (χ0) is 14.7. The smallest absolute Gasteiger partial charge is 0.257 e. The van der Waals surface area contributed by atoms with Crippen molar-refractivity contribution in [2.45, 2.75) is 19.4 Å². The standard InChI is InChI=1S/C13H18N4O3/c1-8-10(4-15-7-16-8)13(19)17-5-9(3-12(14)18)11(6-17)20-2/h4,7,9,11H,3,5-6H2,1-2H3,(H2,14,18)/t9-,11+/m1/s1. The van der Waals surface area contributed by atoms with Crippen LogP contribution in [0.4, 0.5) is 0 Å². The third-order valence-electron chi connectivity index (χ3n) is 3.58. The molecule has 1 aliphatic rings. The van der Waals surface area contributed by atoms with Crippen LogP contribution in [0, 0.1) is 12.8 Å². The summed E-state index contributed by atoms with van der Waals surface area (Å²) in [5, 5.41) is 0. The molecule has 0 unspecified atom stereocenters. The van der Waals surface area contributed by atoms with Gasteiger partial charge in [0.25, 0.3) is 5.91 Å². The minimum atomic E-state index is -0.384. The van der Waals surface area contributed by atoms with Crippen LogP contribution in [0.25, 0.3) is 0 Å². The van der Waals surface area contributed by atoms with Crippen molar-refractivity contribution in [3.05, 3.63) is 23.8 Å². The number of likely N-dealkylation sites (tertiary alicyclic amines) is 1. The van der Waals surface area contributed by atoms with Crippen LogP contribution in [-0.2, 0) is 9.53 Å². The highest BCUT2D eigenvalue weighted by Crippen LogP contribution is 2.24. The predicted octanol–water partition coefficient (Wildman–Crippen LogP) is -0.253. The van der Waals surface area contributed by atoms with E-state index in [9.17, 15) is 9.59 Å². The maximum atomic E-state index is 12.4. The Morgan fingerprint density at radius 2 is 2.25 bits per heavy atom. The molecule has 20 heavy (non-hydrogen) atoms. The Labute approximate surface area is 117 Å². The number of amides is 2. The quantitative estimate of drug-likeness (QED) is 0.818. The lowest BCUT2D eigenvalue weighted by Crippen LogP contribution is -2.30. The number of ether oxygens (including phenoxy) is 1. The highest BCUT2D eigenvalue weighted by atomic mass is 16.5. The van der Waals surface area contributed by atoms with Gasteiger partial charge in [-0.05, 0) is 6.92 Å². The summed E-state index contributed by atoms with van der Waals surface area (Å²) in [5.74, 6) is -0.589. The molecule has 1 fully saturated rings. The first-order valence-corrected chi connectivity index (χ1v) is 6.40. The molecule has 1 aromatic rings. The van der Waals surface area contributed by atoms with Crippen molar-refractivity contribution in [1.82, 2.24) is 14.9 Å². The molecule has 2 amide bonds. The van der Waals surface area contributed by atoms with Gasteiger partial charge in [0.15, 0.2) is 0 Å². The number of hydrogen-bond acceptors (Lipinski definition) is 5. The summed E-state index contributed by atoms with van der Waals surface area (Å²) < 4.78 is 5.34. The van der Waals surface area contributed by atoms with Crippen molar-refractivity contribution in [1.29, 1.82) is 0 Å².